The highest BCUT2D eigenvalue weighted by molar-refractivity contribution is 5.14. The van der Waals surface area contributed by atoms with E-state index in [1.54, 1.807) is 7.11 Å². The third kappa shape index (κ3) is 3.00. The summed E-state index contributed by atoms with van der Waals surface area (Å²) >= 11 is 0. The van der Waals surface area contributed by atoms with Crippen molar-refractivity contribution >= 4 is 0 Å². The Morgan fingerprint density at radius 2 is 2.00 bits per heavy atom. The summed E-state index contributed by atoms with van der Waals surface area (Å²) in [7, 11) is 1.56. The summed E-state index contributed by atoms with van der Waals surface area (Å²) < 4.78 is 0. The zero-order valence-corrected chi connectivity index (χ0v) is 7.23. The molecule has 0 heterocycles. The molecular formula is C9H14N2O. The Hall–Kier alpha value is -0.900. The van der Waals surface area contributed by atoms with Crippen molar-refractivity contribution in [1.29, 1.82) is 0 Å². The first-order valence-electron chi connectivity index (χ1n) is 3.93. The molecule has 3 nitrogen and oxygen atoms in total. The van der Waals surface area contributed by atoms with Gasteiger partial charge in [-0.2, -0.15) is 0 Å². The Bertz CT molecular complexity index is 213. The van der Waals surface area contributed by atoms with Crippen molar-refractivity contribution in [2.75, 3.05) is 13.7 Å². The summed E-state index contributed by atoms with van der Waals surface area (Å²) in [5, 5.41) is 1.33. The van der Waals surface area contributed by atoms with Gasteiger partial charge >= 0.3 is 0 Å². The van der Waals surface area contributed by atoms with Gasteiger partial charge in [0.05, 0.1) is 7.11 Å². The molecule has 3 heteroatoms. The monoisotopic (exact) mass is 166 g/mol. The molecule has 2 N–H and O–H groups in total. The fourth-order valence-corrected chi connectivity index (χ4v) is 0.975. The van der Waals surface area contributed by atoms with Crippen molar-refractivity contribution in [2.24, 2.45) is 5.84 Å². The van der Waals surface area contributed by atoms with Gasteiger partial charge in [0.2, 0.25) is 0 Å². The minimum absolute atomic E-state index is 0.709. The molecule has 0 spiro atoms. The van der Waals surface area contributed by atoms with E-state index in [1.165, 1.54) is 10.7 Å². The van der Waals surface area contributed by atoms with Crippen molar-refractivity contribution in [3.8, 4) is 0 Å². The summed E-state index contributed by atoms with van der Waals surface area (Å²) in [6.07, 6.45) is 0.908. The molecule has 0 bridgehead atoms. The Morgan fingerprint density at radius 1 is 1.33 bits per heavy atom. The Balaban J connectivity index is 2.33. The first-order chi connectivity index (χ1) is 5.83. The molecule has 0 unspecified atom stereocenters. The van der Waals surface area contributed by atoms with Crippen molar-refractivity contribution in [3.63, 3.8) is 0 Å². The van der Waals surface area contributed by atoms with E-state index in [2.05, 4.69) is 12.1 Å². The molecule has 0 aromatic heterocycles. The van der Waals surface area contributed by atoms with Gasteiger partial charge in [0.15, 0.2) is 0 Å². The summed E-state index contributed by atoms with van der Waals surface area (Å²) in [4.78, 5) is 4.78. The highest BCUT2D eigenvalue weighted by Crippen LogP contribution is 1.99. The predicted molar refractivity (Wildman–Crippen MR) is 48.0 cm³/mol. The predicted octanol–water partition coefficient (Wildman–Crippen LogP) is 0.966. The number of hydrogen-bond acceptors (Lipinski definition) is 3. The molecule has 0 saturated carbocycles. The van der Waals surface area contributed by atoms with Crippen LogP contribution in [0.3, 0.4) is 0 Å². The maximum absolute atomic E-state index is 5.43. The molecular weight excluding hydrogens is 152 g/mol. The molecule has 1 aromatic rings. The molecule has 0 atom stereocenters. The molecule has 0 aliphatic carbocycles. The number of benzene rings is 1. The third-order valence-electron chi connectivity index (χ3n) is 1.70. The second-order valence-electron chi connectivity index (χ2n) is 2.56. The fraction of sp³-hybridized carbons (Fsp3) is 0.333. The molecule has 12 heavy (non-hydrogen) atoms. The minimum Gasteiger partial charge on any atom is -0.288 e. The van der Waals surface area contributed by atoms with E-state index < -0.39 is 0 Å². The topological polar surface area (TPSA) is 38.5 Å². The Morgan fingerprint density at radius 3 is 2.58 bits per heavy atom. The van der Waals surface area contributed by atoms with Crippen LogP contribution in [0.1, 0.15) is 5.56 Å². The maximum Gasteiger partial charge on any atom is 0.0591 e. The van der Waals surface area contributed by atoms with Gasteiger partial charge in [-0.25, -0.2) is 5.84 Å². The van der Waals surface area contributed by atoms with E-state index >= 15 is 0 Å². The second kappa shape index (κ2) is 4.87. The van der Waals surface area contributed by atoms with Crippen LogP contribution in [0.15, 0.2) is 30.3 Å². The molecule has 0 amide bonds. The number of hydrogen-bond donors (Lipinski definition) is 1. The van der Waals surface area contributed by atoms with Gasteiger partial charge in [-0.3, -0.25) is 4.84 Å². The van der Waals surface area contributed by atoms with Gasteiger partial charge in [-0.15, -0.1) is 5.17 Å². The lowest BCUT2D eigenvalue weighted by atomic mass is 10.2. The molecule has 66 valence electrons. The van der Waals surface area contributed by atoms with E-state index in [9.17, 15) is 0 Å². The number of hydroxylamine groups is 1. The molecule has 0 aliphatic rings. The Kier molecular flexibility index (Phi) is 3.73. The van der Waals surface area contributed by atoms with Crippen LogP contribution in [-0.4, -0.2) is 18.8 Å². The van der Waals surface area contributed by atoms with E-state index in [0.29, 0.717) is 6.54 Å². The smallest absolute Gasteiger partial charge is 0.0591 e. The maximum atomic E-state index is 5.43. The van der Waals surface area contributed by atoms with Crippen molar-refractivity contribution in [2.45, 2.75) is 6.42 Å². The first kappa shape index (κ1) is 9.19. The lowest BCUT2D eigenvalue weighted by molar-refractivity contribution is -0.132. The van der Waals surface area contributed by atoms with Crippen LogP contribution in [0, 0.1) is 0 Å². The van der Waals surface area contributed by atoms with Gasteiger partial charge < -0.3 is 0 Å². The highest BCUT2D eigenvalue weighted by Gasteiger charge is 1.96. The van der Waals surface area contributed by atoms with Gasteiger partial charge in [0.25, 0.3) is 0 Å². The average molecular weight is 166 g/mol. The largest absolute Gasteiger partial charge is 0.288 e. The van der Waals surface area contributed by atoms with E-state index in [4.69, 9.17) is 10.7 Å². The van der Waals surface area contributed by atoms with Crippen molar-refractivity contribution < 1.29 is 4.84 Å². The highest BCUT2D eigenvalue weighted by atomic mass is 16.7. The average Bonchev–Trinajstić information content (AvgIpc) is 2.16. The molecule has 1 aromatic carbocycles. The van der Waals surface area contributed by atoms with Crippen molar-refractivity contribution in [1.82, 2.24) is 5.17 Å². The van der Waals surface area contributed by atoms with E-state index in [1.807, 2.05) is 18.2 Å². The van der Waals surface area contributed by atoms with Crippen LogP contribution in [0.4, 0.5) is 0 Å². The van der Waals surface area contributed by atoms with Gasteiger partial charge in [0.1, 0.15) is 0 Å². The van der Waals surface area contributed by atoms with Gasteiger partial charge in [-0.1, -0.05) is 30.3 Å². The number of nitrogens with two attached hydrogens (primary N) is 1. The second-order valence-corrected chi connectivity index (χ2v) is 2.56. The molecule has 0 fully saturated rings. The molecule has 0 saturated heterocycles. The zero-order chi connectivity index (χ0) is 8.81. The number of hydrazine groups is 1. The quantitative estimate of drug-likeness (QED) is 0.535. The molecule has 0 aliphatic heterocycles. The summed E-state index contributed by atoms with van der Waals surface area (Å²) in [6.45, 7) is 0.709. The number of nitrogens with zero attached hydrogens (tertiary/aromatic N) is 1. The summed E-state index contributed by atoms with van der Waals surface area (Å²) in [6, 6.07) is 10.2. The van der Waals surface area contributed by atoms with Gasteiger partial charge in [-0.05, 0) is 12.0 Å². The van der Waals surface area contributed by atoms with E-state index in [-0.39, 0.29) is 0 Å². The lowest BCUT2D eigenvalue weighted by Crippen LogP contribution is -2.31. The third-order valence-corrected chi connectivity index (χ3v) is 1.70. The van der Waals surface area contributed by atoms with E-state index in [0.717, 1.165) is 6.42 Å². The number of rotatable bonds is 4. The standard InChI is InChI=1S/C9H14N2O/c1-12-11(10)8-7-9-5-3-2-4-6-9/h2-6H,7-8,10H2,1H3. The molecule has 1 rings (SSSR count). The SMILES string of the molecule is CON(N)CCc1ccccc1. The van der Waals surface area contributed by atoms with Crippen LogP contribution >= 0.6 is 0 Å². The van der Waals surface area contributed by atoms with Crippen LogP contribution in [0.2, 0.25) is 0 Å². The normalized spacial score (nSPS) is 10.6. The Labute approximate surface area is 72.7 Å². The first-order valence-corrected chi connectivity index (χ1v) is 3.93. The van der Waals surface area contributed by atoms with Crippen LogP contribution in [0.5, 0.6) is 0 Å². The summed E-state index contributed by atoms with van der Waals surface area (Å²) in [5.41, 5.74) is 1.27. The minimum atomic E-state index is 0.709. The summed E-state index contributed by atoms with van der Waals surface area (Å²) in [5.74, 6) is 5.43. The van der Waals surface area contributed by atoms with Crippen LogP contribution in [-0.2, 0) is 11.3 Å². The fourth-order valence-electron chi connectivity index (χ4n) is 0.975. The molecule has 0 radical (unpaired) electrons. The van der Waals surface area contributed by atoms with Crippen LogP contribution in [0.25, 0.3) is 0 Å². The van der Waals surface area contributed by atoms with Crippen molar-refractivity contribution in [3.05, 3.63) is 35.9 Å². The van der Waals surface area contributed by atoms with Crippen LogP contribution < -0.4 is 5.84 Å². The lowest BCUT2D eigenvalue weighted by Gasteiger charge is -2.11. The zero-order valence-electron chi connectivity index (χ0n) is 7.23. The van der Waals surface area contributed by atoms with Gasteiger partial charge in [0, 0.05) is 6.54 Å².